The molecule has 0 spiro atoms. The van der Waals surface area contributed by atoms with Gasteiger partial charge in [0.15, 0.2) is 0 Å². The van der Waals surface area contributed by atoms with Crippen molar-refractivity contribution in [3.05, 3.63) is 17.8 Å². The normalized spacial score (nSPS) is 10.8. The summed E-state index contributed by atoms with van der Waals surface area (Å²) < 4.78 is 9.98. The van der Waals surface area contributed by atoms with Crippen molar-refractivity contribution < 1.29 is 9.05 Å². The van der Waals surface area contributed by atoms with E-state index in [0.717, 1.165) is 12.0 Å². The predicted molar refractivity (Wildman–Crippen MR) is 51.9 cm³/mol. The van der Waals surface area contributed by atoms with Gasteiger partial charge in [0.25, 0.3) is 0 Å². The fourth-order valence-corrected chi connectivity index (χ4v) is 1.23. The van der Waals surface area contributed by atoms with E-state index in [4.69, 9.17) is 14.8 Å². The summed E-state index contributed by atoms with van der Waals surface area (Å²) in [5.41, 5.74) is 6.15. The van der Waals surface area contributed by atoms with Crippen molar-refractivity contribution in [1.82, 2.24) is 15.3 Å². The Balaban J connectivity index is 2.17. The first kappa shape index (κ1) is 9.85. The van der Waals surface area contributed by atoms with Crippen LogP contribution in [0.4, 0.5) is 0 Å². The van der Waals surface area contributed by atoms with Crippen LogP contribution in [-0.2, 0) is 6.42 Å². The summed E-state index contributed by atoms with van der Waals surface area (Å²) in [6, 6.07) is 0. The molecule has 0 aliphatic heterocycles. The van der Waals surface area contributed by atoms with Gasteiger partial charge in [-0.2, -0.15) is 4.98 Å². The van der Waals surface area contributed by atoms with Crippen LogP contribution in [0.1, 0.15) is 18.1 Å². The van der Waals surface area contributed by atoms with Crippen molar-refractivity contribution in [3.63, 3.8) is 0 Å². The van der Waals surface area contributed by atoms with Crippen LogP contribution in [0.2, 0.25) is 0 Å². The van der Waals surface area contributed by atoms with Gasteiger partial charge in [-0.3, -0.25) is 0 Å². The molecule has 2 heterocycles. The Morgan fingerprint density at radius 1 is 1.40 bits per heavy atom. The Labute approximate surface area is 86.4 Å². The lowest BCUT2D eigenvalue weighted by atomic mass is 10.2. The van der Waals surface area contributed by atoms with Gasteiger partial charge >= 0.3 is 0 Å². The minimum absolute atomic E-state index is 0.515. The quantitative estimate of drug-likeness (QED) is 0.803. The standard InChI is InChI=1S/C9H12N4O2/c1-6-7(5-11-14-6)9-12-8(15-13-9)3-2-4-10/h5H,2-4,10H2,1H3. The second-order valence-corrected chi connectivity index (χ2v) is 3.20. The van der Waals surface area contributed by atoms with Crippen LogP contribution in [0.25, 0.3) is 11.4 Å². The minimum Gasteiger partial charge on any atom is -0.361 e. The molecule has 0 amide bonds. The molecule has 2 aromatic rings. The van der Waals surface area contributed by atoms with Crippen LogP contribution in [0.15, 0.2) is 15.2 Å². The van der Waals surface area contributed by atoms with E-state index in [1.54, 1.807) is 13.1 Å². The van der Waals surface area contributed by atoms with Crippen molar-refractivity contribution >= 4 is 0 Å². The second-order valence-electron chi connectivity index (χ2n) is 3.20. The van der Waals surface area contributed by atoms with E-state index < -0.39 is 0 Å². The molecule has 6 heteroatoms. The average molecular weight is 208 g/mol. The molecule has 0 saturated heterocycles. The molecule has 0 aliphatic carbocycles. The first-order chi connectivity index (χ1) is 7.31. The number of nitrogens with zero attached hydrogens (tertiary/aromatic N) is 3. The molecule has 0 bridgehead atoms. The molecule has 15 heavy (non-hydrogen) atoms. The summed E-state index contributed by atoms with van der Waals surface area (Å²) in [5.74, 6) is 1.79. The van der Waals surface area contributed by atoms with Crippen LogP contribution < -0.4 is 5.73 Å². The minimum atomic E-state index is 0.515. The van der Waals surface area contributed by atoms with Gasteiger partial charge in [0.05, 0.1) is 11.8 Å². The van der Waals surface area contributed by atoms with Gasteiger partial charge in [-0.15, -0.1) is 0 Å². The van der Waals surface area contributed by atoms with Crippen molar-refractivity contribution in [2.75, 3.05) is 6.54 Å². The van der Waals surface area contributed by atoms with E-state index in [1.165, 1.54) is 0 Å². The zero-order valence-electron chi connectivity index (χ0n) is 8.43. The summed E-state index contributed by atoms with van der Waals surface area (Å²) in [6.07, 6.45) is 3.12. The third kappa shape index (κ3) is 2.04. The van der Waals surface area contributed by atoms with Crippen LogP contribution >= 0.6 is 0 Å². The van der Waals surface area contributed by atoms with Gasteiger partial charge in [-0.25, -0.2) is 0 Å². The first-order valence-corrected chi connectivity index (χ1v) is 4.75. The highest BCUT2D eigenvalue weighted by Gasteiger charge is 2.13. The number of rotatable bonds is 4. The Hall–Kier alpha value is -1.69. The molecule has 6 nitrogen and oxygen atoms in total. The van der Waals surface area contributed by atoms with Crippen molar-refractivity contribution in [1.29, 1.82) is 0 Å². The summed E-state index contributed by atoms with van der Waals surface area (Å²) >= 11 is 0. The van der Waals surface area contributed by atoms with E-state index in [1.807, 2.05) is 0 Å². The molecular formula is C9H12N4O2. The average Bonchev–Trinajstić information content (AvgIpc) is 2.83. The van der Waals surface area contributed by atoms with Gasteiger partial charge < -0.3 is 14.8 Å². The third-order valence-electron chi connectivity index (χ3n) is 2.05. The lowest BCUT2D eigenvalue weighted by molar-refractivity contribution is 0.376. The zero-order valence-corrected chi connectivity index (χ0v) is 8.43. The number of hydrogen-bond acceptors (Lipinski definition) is 6. The highest BCUT2D eigenvalue weighted by molar-refractivity contribution is 5.54. The SMILES string of the molecule is Cc1oncc1-c1noc(CCCN)n1. The Bertz CT molecular complexity index is 435. The molecular weight excluding hydrogens is 196 g/mol. The van der Waals surface area contributed by atoms with Crippen molar-refractivity contribution in [2.45, 2.75) is 19.8 Å². The lowest BCUT2D eigenvalue weighted by Crippen LogP contribution is -2.00. The molecule has 0 aliphatic rings. The third-order valence-corrected chi connectivity index (χ3v) is 2.05. The van der Waals surface area contributed by atoms with Crippen LogP contribution in [-0.4, -0.2) is 21.8 Å². The predicted octanol–water partition coefficient (Wildman–Crippen LogP) is 0.924. The second kappa shape index (κ2) is 4.22. The number of hydrogen-bond donors (Lipinski definition) is 1. The number of nitrogens with two attached hydrogens (primary N) is 1. The highest BCUT2D eigenvalue weighted by Crippen LogP contribution is 2.19. The molecule has 0 unspecified atom stereocenters. The topological polar surface area (TPSA) is 91.0 Å². The number of aromatic nitrogens is 3. The van der Waals surface area contributed by atoms with E-state index in [9.17, 15) is 0 Å². The molecule has 2 aromatic heterocycles. The van der Waals surface area contributed by atoms with Gasteiger partial charge in [-0.1, -0.05) is 10.3 Å². The Morgan fingerprint density at radius 2 is 2.27 bits per heavy atom. The van der Waals surface area contributed by atoms with Gasteiger partial charge in [0, 0.05) is 6.42 Å². The molecule has 0 atom stereocenters. The van der Waals surface area contributed by atoms with Crippen LogP contribution in [0.5, 0.6) is 0 Å². The maximum absolute atomic E-state index is 5.39. The number of aryl methyl sites for hydroxylation is 2. The fourth-order valence-electron chi connectivity index (χ4n) is 1.23. The fraction of sp³-hybridized carbons (Fsp3) is 0.444. The molecule has 2 rings (SSSR count). The molecule has 0 fully saturated rings. The first-order valence-electron chi connectivity index (χ1n) is 4.75. The summed E-state index contributed by atoms with van der Waals surface area (Å²) in [7, 11) is 0. The van der Waals surface area contributed by atoms with Gasteiger partial charge in [-0.05, 0) is 19.9 Å². The smallest absolute Gasteiger partial charge is 0.227 e. The van der Waals surface area contributed by atoms with E-state index in [0.29, 0.717) is 30.4 Å². The van der Waals surface area contributed by atoms with Gasteiger partial charge in [0.1, 0.15) is 5.76 Å². The lowest BCUT2D eigenvalue weighted by Gasteiger charge is -1.88. The molecule has 0 saturated carbocycles. The monoisotopic (exact) mass is 208 g/mol. The summed E-state index contributed by atoms with van der Waals surface area (Å²) in [4.78, 5) is 4.22. The molecule has 0 radical (unpaired) electrons. The van der Waals surface area contributed by atoms with Crippen LogP contribution in [0, 0.1) is 6.92 Å². The largest absolute Gasteiger partial charge is 0.361 e. The summed E-state index contributed by atoms with van der Waals surface area (Å²) in [5, 5.41) is 7.50. The Morgan fingerprint density at radius 3 is 2.93 bits per heavy atom. The van der Waals surface area contributed by atoms with Crippen molar-refractivity contribution in [2.24, 2.45) is 5.73 Å². The van der Waals surface area contributed by atoms with E-state index in [-0.39, 0.29) is 0 Å². The highest BCUT2D eigenvalue weighted by atomic mass is 16.5. The molecule has 80 valence electrons. The van der Waals surface area contributed by atoms with Gasteiger partial charge in [0.2, 0.25) is 11.7 Å². The summed E-state index contributed by atoms with van der Waals surface area (Å²) in [6.45, 7) is 2.42. The van der Waals surface area contributed by atoms with E-state index >= 15 is 0 Å². The molecule has 2 N–H and O–H groups in total. The van der Waals surface area contributed by atoms with Crippen molar-refractivity contribution in [3.8, 4) is 11.4 Å². The zero-order chi connectivity index (χ0) is 10.7. The maximum atomic E-state index is 5.39. The molecule has 0 aromatic carbocycles. The Kier molecular flexibility index (Phi) is 2.77. The maximum Gasteiger partial charge on any atom is 0.227 e. The van der Waals surface area contributed by atoms with E-state index in [2.05, 4.69) is 15.3 Å². The van der Waals surface area contributed by atoms with Crippen LogP contribution in [0.3, 0.4) is 0 Å².